The molecule has 25 heavy (non-hydrogen) atoms. The van der Waals surface area contributed by atoms with E-state index >= 15 is 0 Å². The first-order valence-corrected chi connectivity index (χ1v) is 8.13. The lowest BCUT2D eigenvalue weighted by molar-refractivity contribution is 0.354. The monoisotopic (exact) mass is 331 g/mol. The number of hydrogen-bond donors (Lipinski definition) is 0. The van der Waals surface area contributed by atoms with Crippen LogP contribution < -0.4 is 9.47 Å². The minimum absolute atomic E-state index is 0.703. The standard InChI is InChI=1S/C22H21NO2/c1-16-13-21(24-2)22(25-3)14-19(16)15-23-20-11-9-18(10-12-20)17-7-5-4-6-8-17/h4-15H,1-3H3. The number of aryl methyl sites for hydroxylation is 1. The van der Waals surface area contributed by atoms with Crippen LogP contribution in [-0.2, 0) is 0 Å². The molecule has 0 aliphatic heterocycles. The molecule has 0 aromatic heterocycles. The smallest absolute Gasteiger partial charge is 0.161 e. The second-order valence-electron chi connectivity index (χ2n) is 5.73. The van der Waals surface area contributed by atoms with Crippen LogP contribution in [0.4, 0.5) is 5.69 Å². The van der Waals surface area contributed by atoms with E-state index in [2.05, 4.69) is 29.3 Å². The average Bonchev–Trinajstić information content (AvgIpc) is 2.68. The van der Waals surface area contributed by atoms with Crippen LogP contribution in [0, 0.1) is 6.92 Å². The summed E-state index contributed by atoms with van der Waals surface area (Å²) in [5.74, 6) is 1.43. The molecular weight excluding hydrogens is 310 g/mol. The Kier molecular flexibility index (Phi) is 5.14. The third kappa shape index (κ3) is 3.89. The maximum Gasteiger partial charge on any atom is 0.161 e. The van der Waals surface area contributed by atoms with Gasteiger partial charge in [0.25, 0.3) is 0 Å². The van der Waals surface area contributed by atoms with Crippen LogP contribution >= 0.6 is 0 Å². The molecule has 3 aromatic carbocycles. The third-order valence-electron chi connectivity index (χ3n) is 4.10. The number of rotatable bonds is 5. The summed E-state index contributed by atoms with van der Waals surface area (Å²) in [5.41, 5.74) is 5.39. The molecule has 3 aromatic rings. The predicted molar refractivity (Wildman–Crippen MR) is 103 cm³/mol. The van der Waals surface area contributed by atoms with Gasteiger partial charge in [0.15, 0.2) is 11.5 Å². The molecule has 3 nitrogen and oxygen atoms in total. The number of nitrogens with zero attached hydrogens (tertiary/aromatic N) is 1. The molecule has 0 heterocycles. The molecule has 3 rings (SSSR count). The molecule has 0 saturated heterocycles. The van der Waals surface area contributed by atoms with Crippen molar-refractivity contribution in [3.63, 3.8) is 0 Å². The van der Waals surface area contributed by atoms with Gasteiger partial charge in [-0.25, -0.2) is 0 Å². The molecule has 0 aliphatic rings. The highest BCUT2D eigenvalue weighted by Crippen LogP contribution is 2.30. The van der Waals surface area contributed by atoms with Crippen LogP contribution in [0.25, 0.3) is 11.1 Å². The van der Waals surface area contributed by atoms with Crippen molar-refractivity contribution in [1.82, 2.24) is 0 Å². The lowest BCUT2D eigenvalue weighted by atomic mass is 10.1. The Morgan fingerprint density at radius 3 is 2.00 bits per heavy atom. The van der Waals surface area contributed by atoms with E-state index in [0.29, 0.717) is 5.75 Å². The summed E-state index contributed by atoms with van der Waals surface area (Å²) < 4.78 is 10.7. The van der Waals surface area contributed by atoms with Crippen molar-refractivity contribution in [1.29, 1.82) is 0 Å². The van der Waals surface area contributed by atoms with Gasteiger partial charge >= 0.3 is 0 Å². The fraction of sp³-hybridized carbons (Fsp3) is 0.136. The van der Waals surface area contributed by atoms with Crippen molar-refractivity contribution in [3.05, 3.63) is 77.9 Å². The summed E-state index contributed by atoms with van der Waals surface area (Å²) in [7, 11) is 3.27. The zero-order chi connectivity index (χ0) is 17.6. The van der Waals surface area contributed by atoms with E-state index in [1.807, 2.05) is 55.6 Å². The lowest BCUT2D eigenvalue weighted by Gasteiger charge is -2.10. The highest BCUT2D eigenvalue weighted by Gasteiger charge is 2.07. The molecule has 0 spiro atoms. The first kappa shape index (κ1) is 16.8. The molecule has 0 atom stereocenters. The quantitative estimate of drug-likeness (QED) is 0.584. The molecule has 0 fully saturated rings. The van der Waals surface area contributed by atoms with E-state index in [1.54, 1.807) is 14.2 Å². The third-order valence-corrected chi connectivity index (χ3v) is 4.10. The minimum Gasteiger partial charge on any atom is -0.493 e. The Labute approximate surface area is 148 Å². The molecule has 0 N–H and O–H groups in total. The average molecular weight is 331 g/mol. The van der Waals surface area contributed by atoms with E-state index in [-0.39, 0.29) is 0 Å². The summed E-state index contributed by atoms with van der Waals surface area (Å²) >= 11 is 0. The Morgan fingerprint density at radius 1 is 0.760 bits per heavy atom. The van der Waals surface area contributed by atoms with E-state index in [0.717, 1.165) is 22.6 Å². The summed E-state index contributed by atoms with van der Waals surface area (Å²) in [5, 5.41) is 0. The SMILES string of the molecule is COc1cc(C)c(C=Nc2ccc(-c3ccccc3)cc2)cc1OC. The number of methoxy groups -OCH3 is 2. The summed E-state index contributed by atoms with van der Waals surface area (Å²) in [6.07, 6.45) is 1.86. The van der Waals surface area contributed by atoms with Crippen molar-refractivity contribution in [2.75, 3.05) is 14.2 Å². The van der Waals surface area contributed by atoms with Gasteiger partial charge in [-0.15, -0.1) is 0 Å². The topological polar surface area (TPSA) is 30.8 Å². The molecule has 3 heteroatoms. The van der Waals surface area contributed by atoms with Gasteiger partial charge in [-0.3, -0.25) is 4.99 Å². The largest absolute Gasteiger partial charge is 0.493 e. The van der Waals surface area contributed by atoms with E-state index < -0.39 is 0 Å². The van der Waals surface area contributed by atoms with Gasteiger partial charge in [-0.05, 0) is 53.4 Å². The zero-order valence-corrected chi connectivity index (χ0v) is 14.7. The second kappa shape index (κ2) is 7.67. The predicted octanol–water partition coefficient (Wildman–Crippen LogP) is 5.43. The summed E-state index contributed by atoms with van der Waals surface area (Å²) in [6.45, 7) is 2.03. The summed E-state index contributed by atoms with van der Waals surface area (Å²) in [6, 6.07) is 22.4. The lowest BCUT2D eigenvalue weighted by Crippen LogP contribution is -1.95. The number of hydrogen-bond acceptors (Lipinski definition) is 3. The fourth-order valence-electron chi connectivity index (χ4n) is 2.65. The van der Waals surface area contributed by atoms with Crippen LogP contribution in [0.1, 0.15) is 11.1 Å². The molecule has 0 saturated carbocycles. The second-order valence-corrected chi connectivity index (χ2v) is 5.73. The number of ether oxygens (including phenoxy) is 2. The summed E-state index contributed by atoms with van der Waals surface area (Å²) in [4.78, 5) is 4.58. The van der Waals surface area contributed by atoms with E-state index in [1.165, 1.54) is 11.1 Å². The van der Waals surface area contributed by atoms with Crippen LogP contribution in [0.3, 0.4) is 0 Å². The van der Waals surface area contributed by atoms with Crippen molar-refractivity contribution < 1.29 is 9.47 Å². The Bertz CT molecular complexity index is 869. The first-order valence-electron chi connectivity index (χ1n) is 8.13. The molecule has 0 unspecified atom stereocenters. The normalized spacial score (nSPS) is 10.8. The van der Waals surface area contributed by atoms with Crippen molar-refractivity contribution in [2.45, 2.75) is 6.92 Å². The minimum atomic E-state index is 0.703. The zero-order valence-electron chi connectivity index (χ0n) is 14.7. The van der Waals surface area contributed by atoms with Crippen molar-refractivity contribution in [2.24, 2.45) is 4.99 Å². The molecule has 0 aliphatic carbocycles. The number of aliphatic imine (C=N–C) groups is 1. The van der Waals surface area contributed by atoms with Crippen LogP contribution in [0.5, 0.6) is 11.5 Å². The maximum absolute atomic E-state index is 5.36. The van der Waals surface area contributed by atoms with Crippen molar-refractivity contribution in [3.8, 4) is 22.6 Å². The van der Waals surface area contributed by atoms with Crippen LogP contribution in [-0.4, -0.2) is 20.4 Å². The Hall–Kier alpha value is -3.07. The Morgan fingerprint density at radius 2 is 1.36 bits per heavy atom. The van der Waals surface area contributed by atoms with Gasteiger partial charge in [0.1, 0.15) is 0 Å². The Balaban J connectivity index is 1.83. The van der Waals surface area contributed by atoms with Gasteiger partial charge in [0.05, 0.1) is 19.9 Å². The molecule has 0 bridgehead atoms. The van der Waals surface area contributed by atoms with Crippen LogP contribution in [0.2, 0.25) is 0 Å². The fourth-order valence-corrected chi connectivity index (χ4v) is 2.65. The van der Waals surface area contributed by atoms with Gasteiger partial charge in [-0.1, -0.05) is 42.5 Å². The maximum atomic E-state index is 5.36. The first-order chi connectivity index (χ1) is 12.2. The van der Waals surface area contributed by atoms with Gasteiger partial charge in [-0.2, -0.15) is 0 Å². The molecular formula is C22H21NO2. The van der Waals surface area contributed by atoms with E-state index in [4.69, 9.17) is 9.47 Å². The van der Waals surface area contributed by atoms with E-state index in [9.17, 15) is 0 Å². The van der Waals surface area contributed by atoms with Gasteiger partial charge in [0.2, 0.25) is 0 Å². The highest BCUT2D eigenvalue weighted by atomic mass is 16.5. The molecule has 0 amide bonds. The van der Waals surface area contributed by atoms with Crippen LogP contribution in [0.15, 0.2) is 71.7 Å². The van der Waals surface area contributed by atoms with Gasteiger partial charge < -0.3 is 9.47 Å². The highest BCUT2D eigenvalue weighted by molar-refractivity contribution is 5.85. The van der Waals surface area contributed by atoms with Crippen molar-refractivity contribution >= 4 is 11.9 Å². The molecule has 0 radical (unpaired) electrons. The number of benzene rings is 3. The molecule has 126 valence electrons. The van der Waals surface area contributed by atoms with Gasteiger partial charge in [0, 0.05) is 6.21 Å².